The number of hydrogen-bond acceptors (Lipinski definition) is 4. The third-order valence-corrected chi connectivity index (χ3v) is 4.06. The molecular formula is C16H23NO3. The molecule has 20 heavy (non-hydrogen) atoms. The molecule has 4 nitrogen and oxygen atoms in total. The minimum absolute atomic E-state index is 0.0418. The van der Waals surface area contributed by atoms with Crippen molar-refractivity contribution < 1.29 is 14.2 Å². The molecule has 2 heterocycles. The van der Waals surface area contributed by atoms with Gasteiger partial charge in [-0.05, 0) is 31.5 Å². The van der Waals surface area contributed by atoms with Gasteiger partial charge in [-0.3, -0.25) is 4.90 Å². The van der Waals surface area contributed by atoms with Crippen LogP contribution in [0.15, 0.2) is 24.3 Å². The topological polar surface area (TPSA) is 30.9 Å². The number of nitrogens with zero attached hydrogens (tertiary/aromatic N) is 1. The van der Waals surface area contributed by atoms with Crippen molar-refractivity contribution >= 4 is 0 Å². The fraction of sp³-hybridized carbons (Fsp3) is 0.625. The van der Waals surface area contributed by atoms with E-state index in [1.54, 1.807) is 0 Å². The highest BCUT2D eigenvalue weighted by Gasteiger charge is 2.45. The zero-order valence-electron chi connectivity index (χ0n) is 12.3. The Morgan fingerprint density at radius 2 is 1.70 bits per heavy atom. The summed E-state index contributed by atoms with van der Waals surface area (Å²) in [4.78, 5) is 2.50. The van der Waals surface area contributed by atoms with E-state index in [4.69, 9.17) is 14.2 Å². The van der Waals surface area contributed by atoms with Crippen molar-refractivity contribution in [3.8, 4) is 5.75 Å². The predicted molar refractivity (Wildman–Crippen MR) is 77.1 cm³/mol. The van der Waals surface area contributed by atoms with Crippen molar-refractivity contribution in [1.29, 1.82) is 0 Å². The maximum absolute atomic E-state index is 5.71. The minimum Gasteiger partial charge on any atom is -0.491 e. The van der Waals surface area contributed by atoms with Crippen molar-refractivity contribution in [2.45, 2.75) is 25.5 Å². The first-order chi connectivity index (χ1) is 9.71. The zero-order chi connectivity index (χ0) is 14.0. The Morgan fingerprint density at radius 1 is 1.05 bits per heavy atom. The molecule has 1 aromatic carbocycles. The third kappa shape index (κ3) is 2.55. The lowest BCUT2D eigenvalue weighted by atomic mass is 9.85. The summed E-state index contributed by atoms with van der Waals surface area (Å²) in [6.45, 7) is 9.23. The van der Waals surface area contributed by atoms with Gasteiger partial charge in [0, 0.05) is 13.1 Å². The Kier molecular flexibility index (Phi) is 3.96. The number of ether oxygens (including phenoxy) is 3. The Labute approximate surface area is 120 Å². The molecule has 0 radical (unpaired) electrons. The van der Waals surface area contributed by atoms with E-state index in [1.807, 2.05) is 13.8 Å². The molecule has 2 aliphatic rings. The van der Waals surface area contributed by atoms with E-state index in [1.165, 1.54) is 5.56 Å². The monoisotopic (exact) mass is 277 g/mol. The van der Waals surface area contributed by atoms with Crippen LogP contribution in [0.1, 0.15) is 19.4 Å². The van der Waals surface area contributed by atoms with Crippen LogP contribution < -0.4 is 4.74 Å². The van der Waals surface area contributed by atoms with Crippen LogP contribution in [0.25, 0.3) is 0 Å². The molecule has 0 unspecified atom stereocenters. The highest BCUT2D eigenvalue weighted by molar-refractivity contribution is 5.34. The Hall–Kier alpha value is -1.10. The standard InChI is InChI=1S/C16H23NO3/c1-13(2)20-15-5-3-14(4-6-15)16(11-19-12-16)17-7-9-18-10-8-17/h3-6,13H,7-12H2,1-2H3. The molecule has 3 rings (SSSR count). The molecule has 2 aliphatic heterocycles. The molecule has 1 aromatic rings. The van der Waals surface area contributed by atoms with E-state index < -0.39 is 0 Å². The van der Waals surface area contributed by atoms with Gasteiger partial charge in [0.1, 0.15) is 5.75 Å². The lowest BCUT2D eigenvalue weighted by molar-refractivity contribution is -0.166. The Bertz CT molecular complexity index is 434. The van der Waals surface area contributed by atoms with E-state index in [2.05, 4.69) is 29.2 Å². The minimum atomic E-state index is 0.0418. The molecule has 0 saturated carbocycles. The summed E-state index contributed by atoms with van der Waals surface area (Å²) in [6, 6.07) is 8.48. The van der Waals surface area contributed by atoms with E-state index >= 15 is 0 Å². The molecule has 0 bridgehead atoms. The van der Waals surface area contributed by atoms with Crippen LogP contribution in [-0.2, 0) is 15.0 Å². The Morgan fingerprint density at radius 3 is 2.20 bits per heavy atom. The van der Waals surface area contributed by atoms with Gasteiger partial charge in [-0.15, -0.1) is 0 Å². The van der Waals surface area contributed by atoms with Crippen LogP contribution >= 0.6 is 0 Å². The quantitative estimate of drug-likeness (QED) is 0.842. The smallest absolute Gasteiger partial charge is 0.119 e. The second-order valence-corrected chi connectivity index (χ2v) is 5.81. The first-order valence-corrected chi connectivity index (χ1v) is 7.38. The Balaban J connectivity index is 1.78. The normalized spacial score (nSPS) is 22.6. The average Bonchev–Trinajstić information content (AvgIpc) is 2.40. The highest BCUT2D eigenvalue weighted by atomic mass is 16.5. The van der Waals surface area contributed by atoms with Crippen LogP contribution in [-0.4, -0.2) is 50.5 Å². The van der Waals surface area contributed by atoms with Crippen LogP contribution in [0.3, 0.4) is 0 Å². The molecule has 110 valence electrons. The molecule has 0 aliphatic carbocycles. The predicted octanol–water partition coefficient (Wildman–Crippen LogP) is 2.03. The first-order valence-electron chi connectivity index (χ1n) is 7.38. The second kappa shape index (κ2) is 5.72. The summed E-state index contributed by atoms with van der Waals surface area (Å²) in [5.41, 5.74) is 1.36. The van der Waals surface area contributed by atoms with Crippen molar-refractivity contribution in [2.75, 3.05) is 39.5 Å². The average molecular weight is 277 g/mol. The fourth-order valence-corrected chi connectivity index (χ4v) is 2.93. The van der Waals surface area contributed by atoms with E-state index in [-0.39, 0.29) is 11.6 Å². The zero-order valence-corrected chi connectivity index (χ0v) is 12.3. The summed E-state index contributed by atoms with van der Waals surface area (Å²) in [5, 5.41) is 0. The molecule has 0 atom stereocenters. The summed E-state index contributed by atoms with van der Waals surface area (Å²) in [6.07, 6.45) is 0.209. The highest BCUT2D eigenvalue weighted by Crippen LogP contribution is 2.37. The van der Waals surface area contributed by atoms with Gasteiger partial charge in [0.2, 0.25) is 0 Å². The van der Waals surface area contributed by atoms with Gasteiger partial charge in [0.05, 0.1) is 38.1 Å². The summed E-state index contributed by atoms with van der Waals surface area (Å²) >= 11 is 0. The lowest BCUT2D eigenvalue weighted by Gasteiger charge is -2.51. The maximum atomic E-state index is 5.71. The van der Waals surface area contributed by atoms with E-state index in [9.17, 15) is 0 Å². The van der Waals surface area contributed by atoms with Gasteiger partial charge < -0.3 is 14.2 Å². The van der Waals surface area contributed by atoms with Crippen LogP contribution in [0.4, 0.5) is 0 Å². The van der Waals surface area contributed by atoms with Gasteiger partial charge in [0.25, 0.3) is 0 Å². The van der Waals surface area contributed by atoms with Gasteiger partial charge in [-0.1, -0.05) is 12.1 Å². The summed E-state index contributed by atoms with van der Waals surface area (Å²) in [5.74, 6) is 0.932. The maximum Gasteiger partial charge on any atom is 0.119 e. The van der Waals surface area contributed by atoms with Gasteiger partial charge in [-0.2, -0.15) is 0 Å². The second-order valence-electron chi connectivity index (χ2n) is 5.81. The molecule has 4 heteroatoms. The van der Waals surface area contributed by atoms with Crippen LogP contribution in [0.2, 0.25) is 0 Å². The van der Waals surface area contributed by atoms with Gasteiger partial charge in [0.15, 0.2) is 0 Å². The van der Waals surface area contributed by atoms with Crippen LogP contribution in [0.5, 0.6) is 5.75 Å². The first kappa shape index (κ1) is 13.9. The molecule has 0 N–H and O–H groups in total. The van der Waals surface area contributed by atoms with E-state index in [0.717, 1.165) is 45.3 Å². The SMILES string of the molecule is CC(C)Oc1ccc(C2(N3CCOCC3)COC2)cc1. The van der Waals surface area contributed by atoms with Crippen molar-refractivity contribution in [3.63, 3.8) is 0 Å². The number of rotatable bonds is 4. The molecule has 2 fully saturated rings. The molecule has 0 spiro atoms. The largest absolute Gasteiger partial charge is 0.491 e. The van der Waals surface area contributed by atoms with Gasteiger partial charge >= 0.3 is 0 Å². The third-order valence-electron chi connectivity index (χ3n) is 4.06. The molecule has 0 amide bonds. The van der Waals surface area contributed by atoms with Crippen molar-refractivity contribution in [3.05, 3.63) is 29.8 Å². The number of hydrogen-bond donors (Lipinski definition) is 0. The van der Waals surface area contributed by atoms with Crippen molar-refractivity contribution in [1.82, 2.24) is 4.90 Å². The fourth-order valence-electron chi connectivity index (χ4n) is 2.93. The number of benzene rings is 1. The molecular weight excluding hydrogens is 254 g/mol. The number of morpholine rings is 1. The van der Waals surface area contributed by atoms with E-state index in [0.29, 0.717) is 0 Å². The summed E-state index contributed by atoms with van der Waals surface area (Å²) in [7, 11) is 0. The molecule has 0 aromatic heterocycles. The lowest BCUT2D eigenvalue weighted by Crippen LogP contribution is -2.62. The van der Waals surface area contributed by atoms with Gasteiger partial charge in [-0.25, -0.2) is 0 Å². The van der Waals surface area contributed by atoms with Crippen LogP contribution in [0, 0.1) is 0 Å². The van der Waals surface area contributed by atoms with Crippen molar-refractivity contribution in [2.24, 2.45) is 0 Å². The summed E-state index contributed by atoms with van der Waals surface area (Å²) < 4.78 is 16.7. The molecule has 2 saturated heterocycles.